The van der Waals surface area contributed by atoms with Gasteiger partial charge in [-0.2, -0.15) is 0 Å². The van der Waals surface area contributed by atoms with Crippen molar-refractivity contribution in [1.82, 2.24) is 24.4 Å². The molecule has 6 rings (SSSR count). The molecule has 2 aliphatic heterocycles. The SMILES string of the molecule is Cc1ncc(-c2cc3cccc(-c4nc(C5CCOCC5)n5c4CN(C)C(=O)C5C)c3cn2)s1. The van der Waals surface area contributed by atoms with Crippen LogP contribution in [0, 0.1) is 6.92 Å². The van der Waals surface area contributed by atoms with Gasteiger partial charge in [0.05, 0.1) is 33.5 Å². The molecule has 1 saturated heterocycles. The molecule has 0 aliphatic carbocycles. The van der Waals surface area contributed by atoms with Crippen LogP contribution >= 0.6 is 11.3 Å². The second kappa shape index (κ2) is 8.29. The first-order valence-electron chi connectivity index (χ1n) is 11.8. The van der Waals surface area contributed by atoms with Gasteiger partial charge in [-0.15, -0.1) is 11.3 Å². The zero-order chi connectivity index (χ0) is 23.4. The Morgan fingerprint density at radius 3 is 2.74 bits per heavy atom. The van der Waals surface area contributed by atoms with Crippen molar-refractivity contribution in [2.24, 2.45) is 0 Å². The van der Waals surface area contributed by atoms with Crippen LogP contribution in [0.2, 0.25) is 0 Å². The predicted molar refractivity (Wildman–Crippen MR) is 133 cm³/mol. The van der Waals surface area contributed by atoms with Gasteiger partial charge in [-0.05, 0) is 38.1 Å². The molecule has 2 aliphatic rings. The Morgan fingerprint density at radius 2 is 1.97 bits per heavy atom. The number of carbonyl (C=O) groups is 1. The lowest BCUT2D eigenvalue weighted by atomic mass is 9.98. The summed E-state index contributed by atoms with van der Waals surface area (Å²) in [6, 6.07) is 8.20. The molecule has 1 unspecified atom stereocenters. The summed E-state index contributed by atoms with van der Waals surface area (Å²) >= 11 is 1.65. The van der Waals surface area contributed by atoms with E-state index < -0.39 is 0 Å². The van der Waals surface area contributed by atoms with Crippen molar-refractivity contribution < 1.29 is 9.53 Å². The zero-order valence-corrected chi connectivity index (χ0v) is 20.4. The second-order valence-corrected chi connectivity index (χ2v) is 10.5. The molecule has 3 aromatic heterocycles. The summed E-state index contributed by atoms with van der Waals surface area (Å²) in [6.07, 6.45) is 5.71. The molecule has 0 bridgehead atoms. The summed E-state index contributed by atoms with van der Waals surface area (Å²) < 4.78 is 7.81. The van der Waals surface area contributed by atoms with Gasteiger partial charge < -0.3 is 14.2 Å². The lowest BCUT2D eigenvalue weighted by molar-refractivity contribution is -0.135. The molecule has 34 heavy (non-hydrogen) atoms. The standard InChI is InChI=1S/C26H27N5O2S/c1-15-26(32)30(3)14-22-24(29-25(31(15)22)17-7-9-33-10-8-17)19-6-4-5-18-11-21(28-12-20(18)19)23-13-27-16(2)34-23/h4-6,11-13,15,17H,7-10,14H2,1-3H3. The van der Waals surface area contributed by atoms with E-state index in [0.717, 1.165) is 75.2 Å². The van der Waals surface area contributed by atoms with E-state index in [0.29, 0.717) is 12.5 Å². The molecule has 4 aromatic rings. The third kappa shape index (κ3) is 3.44. The number of aryl methyl sites for hydroxylation is 1. The third-order valence-electron chi connectivity index (χ3n) is 7.03. The number of pyridine rings is 1. The summed E-state index contributed by atoms with van der Waals surface area (Å²) in [7, 11) is 1.88. The number of aromatic nitrogens is 4. The molecule has 174 valence electrons. The summed E-state index contributed by atoms with van der Waals surface area (Å²) in [5.74, 6) is 1.45. The number of amides is 1. The third-order valence-corrected chi connectivity index (χ3v) is 7.96. The number of hydrogen-bond donors (Lipinski definition) is 0. The molecule has 1 aromatic carbocycles. The maximum atomic E-state index is 12.9. The molecule has 1 atom stereocenters. The van der Waals surface area contributed by atoms with Gasteiger partial charge >= 0.3 is 0 Å². The molecule has 0 radical (unpaired) electrons. The number of benzene rings is 1. The van der Waals surface area contributed by atoms with Crippen LogP contribution in [-0.4, -0.2) is 50.6 Å². The van der Waals surface area contributed by atoms with Gasteiger partial charge in [0.1, 0.15) is 11.9 Å². The normalized spacial score (nSPS) is 19.1. The first-order valence-corrected chi connectivity index (χ1v) is 12.6. The van der Waals surface area contributed by atoms with Crippen LogP contribution in [0.5, 0.6) is 0 Å². The number of fused-ring (bicyclic) bond motifs is 2. The van der Waals surface area contributed by atoms with E-state index in [1.807, 2.05) is 38.2 Å². The van der Waals surface area contributed by atoms with Crippen LogP contribution in [0.3, 0.4) is 0 Å². The highest BCUT2D eigenvalue weighted by atomic mass is 32.1. The Kier molecular flexibility index (Phi) is 5.22. The molecular weight excluding hydrogens is 446 g/mol. The van der Waals surface area contributed by atoms with Gasteiger partial charge in [0, 0.05) is 49.5 Å². The maximum absolute atomic E-state index is 12.9. The van der Waals surface area contributed by atoms with Crippen molar-refractivity contribution in [2.45, 2.75) is 45.2 Å². The van der Waals surface area contributed by atoms with E-state index in [-0.39, 0.29) is 11.9 Å². The number of rotatable bonds is 3. The van der Waals surface area contributed by atoms with Crippen LogP contribution in [0.4, 0.5) is 0 Å². The molecule has 7 nitrogen and oxygen atoms in total. The van der Waals surface area contributed by atoms with Gasteiger partial charge in [-0.3, -0.25) is 9.78 Å². The Labute approximate surface area is 202 Å². The zero-order valence-electron chi connectivity index (χ0n) is 19.6. The maximum Gasteiger partial charge on any atom is 0.245 e. The van der Waals surface area contributed by atoms with Gasteiger partial charge in [0.2, 0.25) is 5.91 Å². The smallest absolute Gasteiger partial charge is 0.245 e. The van der Waals surface area contributed by atoms with Crippen LogP contribution in [-0.2, 0) is 16.1 Å². The Balaban J connectivity index is 1.52. The highest BCUT2D eigenvalue weighted by Gasteiger charge is 2.36. The average Bonchev–Trinajstić information content (AvgIpc) is 3.46. The van der Waals surface area contributed by atoms with Crippen molar-refractivity contribution in [2.75, 3.05) is 20.3 Å². The number of likely N-dealkylation sites (N-methyl/N-ethyl adjacent to an activating group) is 1. The molecule has 8 heteroatoms. The Morgan fingerprint density at radius 1 is 1.15 bits per heavy atom. The van der Waals surface area contributed by atoms with Crippen molar-refractivity contribution in [3.05, 3.63) is 53.2 Å². The molecule has 0 N–H and O–H groups in total. The fourth-order valence-corrected chi connectivity index (χ4v) is 6.00. The number of imidazole rings is 1. The first-order chi connectivity index (χ1) is 16.5. The lowest BCUT2D eigenvalue weighted by Gasteiger charge is -2.32. The van der Waals surface area contributed by atoms with E-state index in [4.69, 9.17) is 14.7 Å². The van der Waals surface area contributed by atoms with E-state index in [1.165, 1.54) is 0 Å². The van der Waals surface area contributed by atoms with E-state index >= 15 is 0 Å². The molecular formula is C26H27N5O2S. The fraction of sp³-hybridized carbons (Fsp3) is 0.385. The molecule has 0 saturated carbocycles. The van der Waals surface area contributed by atoms with Gasteiger partial charge in [0.15, 0.2) is 0 Å². The highest BCUT2D eigenvalue weighted by molar-refractivity contribution is 7.15. The number of nitrogens with zero attached hydrogens (tertiary/aromatic N) is 5. The van der Waals surface area contributed by atoms with E-state index in [1.54, 1.807) is 11.3 Å². The van der Waals surface area contributed by atoms with E-state index in [2.05, 4.69) is 33.8 Å². The number of hydrogen-bond acceptors (Lipinski definition) is 6. The van der Waals surface area contributed by atoms with Gasteiger partial charge in [-0.25, -0.2) is 9.97 Å². The van der Waals surface area contributed by atoms with Crippen molar-refractivity contribution in [3.8, 4) is 21.8 Å². The highest BCUT2D eigenvalue weighted by Crippen LogP contribution is 2.39. The predicted octanol–water partition coefficient (Wildman–Crippen LogP) is 4.96. The summed E-state index contributed by atoms with van der Waals surface area (Å²) in [5, 5.41) is 3.22. The monoisotopic (exact) mass is 473 g/mol. The Hall–Kier alpha value is -3.10. The van der Waals surface area contributed by atoms with Crippen LogP contribution in [0.25, 0.3) is 32.6 Å². The summed E-state index contributed by atoms with van der Waals surface area (Å²) in [6.45, 7) is 6.03. The number of carbonyl (C=O) groups excluding carboxylic acids is 1. The number of ether oxygens (including phenoxy) is 1. The molecule has 1 fully saturated rings. The molecule has 0 spiro atoms. The van der Waals surface area contributed by atoms with Crippen molar-refractivity contribution in [1.29, 1.82) is 0 Å². The lowest BCUT2D eigenvalue weighted by Crippen LogP contribution is -2.40. The minimum atomic E-state index is -0.262. The van der Waals surface area contributed by atoms with Crippen molar-refractivity contribution >= 4 is 28.0 Å². The fourth-order valence-electron chi connectivity index (χ4n) is 5.25. The second-order valence-electron chi connectivity index (χ2n) is 9.23. The van der Waals surface area contributed by atoms with Crippen LogP contribution < -0.4 is 0 Å². The van der Waals surface area contributed by atoms with Crippen LogP contribution in [0.1, 0.15) is 48.3 Å². The van der Waals surface area contributed by atoms with Crippen molar-refractivity contribution in [3.63, 3.8) is 0 Å². The number of thiazole rings is 1. The van der Waals surface area contributed by atoms with Gasteiger partial charge in [0.25, 0.3) is 0 Å². The minimum absolute atomic E-state index is 0.133. The largest absolute Gasteiger partial charge is 0.381 e. The van der Waals surface area contributed by atoms with Gasteiger partial charge in [-0.1, -0.05) is 18.2 Å². The van der Waals surface area contributed by atoms with E-state index in [9.17, 15) is 4.79 Å². The quantitative estimate of drug-likeness (QED) is 0.421. The molecule has 5 heterocycles. The first kappa shape index (κ1) is 21.4. The topological polar surface area (TPSA) is 73.1 Å². The Bertz CT molecular complexity index is 1400. The van der Waals surface area contributed by atoms with Crippen LogP contribution in [0.15, 0.2) is 36.7 Å². The average molecular weight is 474 g/mol. The minimum Gasteiger partial charge on any atom is -0.381 e. The molecule has 1 amide bonds. The summed E-state index contributed by atoms with van der Waals surface area (Å²) in [5.41, 5.74) is 4.06. The summed E-state index contributed by atoms with van der Waals surface area (Å²) in [4.78, 5) is 30.2.